The summed E-state index contributed by atoms with van der Waals surface area (Å²) in [6.07, 6.45) is -3.57. The molecule has 0 radical (unpaired) electrons. The van der Waals surface area contributed by atoms with Gasteiger partial charge >= 0.3 is 12.2 Å². The van der Waals surface area contributed by atoms with Gasteiger partial charge in [-0.15, -0.1) is 0 Å². The molecule has 0 unspecified atom stereocenters. The van der Waals surface area contributed by atoms with Crippen molar-refractivity contribution in [2.45, 2.75) is 18.6 Å². The van der Waals surface area contributed by atoms with Crippen LogP contribution >= 0.6 is 0 Å². The van der Waals surface area contributed by atoms with E-state index in [2.05, 4.69) is 10.6 Å². The number of urea groups is 1. The van der Waals surface area contributed by atoms with Gasteiger partial charge in [0.05, 0.1) is 24.8 Å². The normalized spacial score (nSPS) is 18.0. The van der Waals surface area contributed by atoms with E-state index in [0.717, 1.165) is 18.6 Å². The minimum Gasteiger partial charge on any atom is -0.492 e. The van der Waals surface area contributed by atoms with Gasteiger partial charge in [0.1, 0.15) is 12.4 Å². The second-order valence-electron chi connectivity index (χ2n) is 4.83. The van der Waals surface area contributed by atoms with E-state index in [1.54, 1.807) is 0 Å². The maximum atomic E-state index is 12.4. The van der Waals surface area contributed by atoms with E-state index in [9.17, 15) is 18.0 Å². The topological polar surface area (TPSA) is 59.6 Å². The number of amides is 2. The Balaban J connectivity index is 1.64. The highest BCUT2D eigenvalue weighted by atomic mass is 19.4. The van der Waals surface area contributed by atoms with Crippen LogP contribution in [-0.4, -0.2) is 38.4 Å². The summed E-state index contributed by atoms with van der Waals surface area (Å²) in [5, 5.41) is 5.35. The largest absolute Gasteiger partial charge is 0.492 e. The predicted molar refractivity (Wildman–Crippen MR) is 72.7 cm³/mol. The van der Waals surface area contributed by atoms with Gasteiger partial charge in [-0.25, -0.2) is 4.79 Å². The van der Waals surface area contributed by atoms with Crippen LogP contribution < -0.4 is 15.4 Å². The Labute approximate surface area is 125 Å². The number of benzene rings is 1. The van der Waals surface area contributed by atoms with Gasteiger partial charge in [0.2, 0.25) is 0 Å². The molecule has 0 aromatic heterocycles. The molecule has 0 aliphatic carbocycles. The van der Waals surface area contributed by atoms with Gasteiger partial charge in [-0.1, -0.05) is 0 Å². The summed E-state index contributed by atoms with van der Waals surface area (Å²) >= 11 is 0. The van der Waals surface area contributed by atoms with Crippen molar-refractivity contribution in [3.8, 4) is 5.75 Å². The fourth-order valence-corrected chi connectivity index (χ4v) is 1.96. The van der Waals surface area contributed by atoms with E-state index < -0.39 is 11.7 Å². The number of nitrogens with one attached hydrogen (secondary N) is 2. The van der Waals surface area contributed by atoms with Crippen molar-refractivity contribution in [2.75, 3.05) is 26.4 Å². The standard InChI is InChI=1S/C14H17F3N2O3/c15-14(16,17)10-1-3-12(4-2-10)22-8-6-18-13(20)19-11-5-7-21-9-11/h1-4,11H,5-9H2,(H2,18,19,20)/t11-/m0/s1. The van der Waals surface area contributed by atoms with E-state index in [1.165, 1.54) is 12.1 Å². The molecule has 2 amide bonds. The van der Waals surface area contributed by atoms with Crippen molar-refractivity contribution in [1.82, 2.24) is 10.6 Å². The second-order valence-corrected chi connectivity index (χ2v) is 4.83. The van der Waals surface area contributed by atoms with Crippen LogP contribution in [-0.2, 0) is 10.9 Å². The number of hydrogen-bond donors (Lipinski definition) is 2. The molecule has 1 aromatic carbocycles. The molecular weight excluding hydrogens is 301 g/mol. The van der Waals surface area contributed by atoms with Crippen LogP contribution in [0.1, 0.15) is 12.0 Å². The van der Waals surface area contributed by atoms with Crippen molar-refractivity contribution in [1.29, 1.82) is 0 Å². The maximum absolute atomic E-state index is 12.4. The van der Waals surface area contributed by atoms with Crippen LogP contribution in [0.25, 0.3) is 0 Å². The number of carbonyl (C=O) groups excluding carboxylic acids is 1. The number of ether oxygens (including phenoxy) is 2. The van der Waals surface area contributed by atoms with E-state index in [0.29, 0.717) is 19.0 Å². The molecule has 5 nitrogen and oxygen atoms in total. The molecule has 1 heterocycles. The van der Waals surface area contributed by atoms with Crippen molar-refractivity contribution < 1.29 is 27.4 Å². The Bertz CT molecular complexity index is 485. The number of hydrogen-bond acceptors (Lipinski definition) is 3. The molecule has 0 saturated carbocycles. The Morgan fingerprint density at radius 2 is 2.05 bits per heavy atom. The van der Waals surface area contributed by atoms with Crippen LogP contribution in [0.3, 0.4) is 0 Å². The Morgan fingerprint density at radius 1 is 1.32 bits per heavy atom. The third-order valence-electron chi connectivity index (χ3n) is 3.10. The van der Waals surface area contributed by atoms with Gasteiger partial charge in [-0.2, -0.15) is 13.2 Å². The first kappa shape index (κ1) is 16.4. The molecule has 0 bridgehead atoms. The van der Waals surface area contributed by atoms with E-state index in [1.807, 2.05) is 0 Å². The van der Waals surface area contributed by atoms with E-state index in [-0.39, 0.29) is 25.2 Å². The summed E-state index contributed by atoms with van der Waals surface area (Å²) < 4.78 is 47.5. The molecule has 22 heavy (non-hydrogen) atoms. The third-order valence-corrected chi connectivity index (χ3v) is 3.10. The summed E-state index contributed by atoms with van der Waals surface area (Å²) in [6, 6.07) is 4.12. The van der Waals surface area contributed by atoms with Crippen LogP contribution in [0.4, 0.5) is 18.0 Å². The summed E-state index contributed by atoms with van der Waals surface area (Å²) in [5.74, 6) is 0.319. The monoisotopic (exact) mass is 318 g/mol. The fourth-order valence-electron chi connectivity index (χ4n) is 1.96. The zero-order chi connectivity index (χ0) is 16.0. The number of alkyl halides is 3. The Hall–Kier alpha value is -1.96. The van der Waals surface area contributed by atoms with Crippen molar-refractivity contribution in [3.63, 3.8) is 0 Å². The van der Waals surface area contributed by atoms with Gasteiger partial charge in [0.25, 0.3) is 0 Å². The lowest BCUT2D eigenvalue weighted by Crippen LogP contribution is -2.43. The molecule has 1 fully saturated rings. The zero-order valence-corrected chi connectivity index (χ0v) is 11.8. The zero-order valence-electron chi connectivity index (χ0n) is 11.8. The highest BCUT2D eigenvalue weighted by Crippen LogP contribution is 2.30. The van der Waals surface area contributed by atoms with Crippen LogP contribution in [0.5, 0.6) is 5.75 Å². The molecule has 2 N–H and O–H groups in total. The molecule has 1 saturated heterocycles. The molecule has 1 aromatic rings. The first-order chi connectivity index (χ1) is 10.4. The first-order valence-corrected chi connectivity index (χ1v) is 6.87. The maximum Gasteiger partial charge on any atom is 0.416 e. The van der Waals surface area contributed by atoms with Crippen molar-refractivity contribution >= 4 is 6.03 Å². The molecule has 1 atom stereocenters. The lowest BCUT2D eigenvalue weighted by molar-refractivity contribution is -0.137. The number of rotatable bonds is 5. The SMILES string of the molecule is O=C(NCCOc1ccc(C(F)(F)F)cc1)N[C@H]1CCOC1. The average molecular weight is 318 g/mol. The average Bonchev–Trinajstić information content (AvgIpc) is 2.96. The lowest BCUT2D eigenvalue weighted by atomic mass is 10.2. The third kappa shape index (κ3) is 5.10. The molecular formula is C14H17F3N2O3. The molecule has 122 valence electrons. The predicted octanol–water partition coefficient (Wildman–Crippen LogP) is 2.17. The van der Waals surface area contributed by atoms with E-state index >= 15 is 0 Å². The molecule has 1 aliphatic heterocycles. The Kier molecular flexibility index (Phi) is 5.48. The number of carbonyl (C=O) groups is 1. The highest BCUT2D eigenvalue weighted by Gasteiger charge is 2.30. The quantitative estimate of drug-likeness (QED) is 0.818. The Morgan fingerprint density at radius 3 is 2.64 bits per heavy atom. The fraction of sp³-hybridized carbons (Fsp3) is 0.500. The second kappa shape index (κ2) is 7.35. The van der Waals surface area contributed by atoms with Gasteiger partial charge in [0.15, 0.2) is 0 Å². The number of halogens is 3. The molecule has 8 heteroatoms. The van der Waals surface area contributed by atoms with E-state index in [4.69, 9.17) is 9.47 Å². The lowest BCUT2D eigenvalue weighted by Gasteiger charge is -2.12. The molecule has 1 aliphatic rings. The summed E-state index contributed by atoms with van der Waals surface area (Å²) in [4.78, 5) is 11.5. The van der Waals surface area contributed by atoms with Gasteiger partial charge in [0, 0.05) is 6.61 Å². The minimum atomic E-state index is -4.36. The minimum absolute atomic E-state index is 0.0239. The summed E-state index contributed by atoms with van der Waals surface area (Å²) in [7, 11) is 0. The van der Waals surface area contributed by atoms with Crippen LogP contribution in [0, 0.1) is 0 Å². The highest BCUT2D eigenvalue weighted by molar-refractivity contribution is 5.74. The van der Waals surface area contributed by atoms with Crippen LogP contribution in [0.2, 0.25) is 0 Å². The van der Waals surface area contributed by atoms with Crippen molar-refractivity contribution in [2.24, 2.45) is 0 Å². The summed E-state index contributed by atoms with van der Waals surface area (Å²) in [5.41, 5.74) is -0.726. The summed E-state index contributed by atoms with van der Waals surface area (Å²) in [6.45, 7) is 1.57. The molecule has 0 spiro atoms. The van der Waals surface area contributed by atoms with Crippen molar-refractivity contribution in [3.05, 3.63) is 29.8 Å². The smallest absolute Gasteiger partial charge is 0.416 e. The van der Waals surface area contributed by atoms with Gasteiger partial charge in [-0.05, 0) is 30.7 Å². The van der Waals surface area contributed by atoms with Gasteiger partial charge < -0.3 is 20.1 Å². The van der Waals surface area contributed by atoms with Gasteiger partial charge in [-0.3, -0.25) is 0 Å². The molecule has 2 rings (SSSR count). The first-order valence-electron chi connectivity index (χ1n) is 6.87. The van der Waals surface area contributed by atoms with Crippen LogP contribution in [0.15, 0.2) is 24.3 Å².